The fourth-order valence-electron chi connectivity index (χ4n) is 3.50. The predicted molar refractivity (Wildman–Crippen MR) is 74.7 cm³/mol. The number of nitrogens with two attached hydrogens (primary N) is 1. The molecule has 1 aliphatic carbocycles. The number of nitrogens with zero attached hydrogens (tertiary/aromatic N) is 2. The average molecular weight is 259 g/mol. The van der Waals surface area contributed by atoms with Crippen LogP contribution >= 0.6 is 0 Å². The van der Waals surface area contributed by atoms with Crippen molar-refractivity contribution >= 4 is 11.6 Å². The molecule has 19 heavy (non-hydrogen) atoms. The Morgan fingerprint density at radius 2 is 1.84 bits per heavy atom. The number of aromatic nitrogens is 1. The summed E-state index contributed by atoms with van der Waals surface area (Å²) in [5, 5.41) is 0. The number of likely N-dealkylation sites (tertiary alicyclic amines) is 1. The minimum atomic E-state index is 0.0489. The van der Waals surface area contributed by atoms with Gasteiger partial charge >= 0.3 is 0 Å². The van der Waals surface area contributed by atoms with Crippen molar-refractivity contribution in [2.24, 2.45) is 5.41 Å². The first kappa shape index (κ1) is 12.5. The Labute approximate surface area is 114 Å². The van der Waals surface area contributed by atoms with Crippen LogP contribution in [0, 0.1) is 5.41 Å². The molecule has 1 aromatic rings. The number of pyridine rings is 1. The Morgan fingerprint density at radius 3 is 2.42 bits per heavy atom. The van der Waals surface area contributed by atoms with Gasteiger partial charge in [-0.15, -0.1) is 0 Å². The zero-order chi connectivity index (χ0) is 13.3. The van der Waals surface area contributed by atoms with Crippen molar-refractivity contribution in [1.29, 1.82) is 0 Å². The van der Waals surface area contributed by atoms with E-state index in [9.17, 15) is 4.79 Å². The van der Waals surface area contributed by atoms with Crippen LogP contribution in [0.15, 0.2) is 18.3 Å². The Balaban J connectivity index is 1.64. The molecule has 0 bridgehead atoms. The lowest BCUT2D eigenvalue weighted by molar-refractivity contribution is 0.0582. The number of anilines is 1. The van der Waals surface area contributed by atoms with Crippen molar-refractivity contribution in [2.75, 3.05) is 18.8 Å². The van der Waals surface area contributed by atoms with Gasteiger partial charge in [0, 0.05) is 13.1 Å². The zero-order valence-corrected chi connectivity index (χ0v) is 11.3. The Kier molecular flexibility index (Phi) is 3.17. The van der Waals surface area contributed by atoms with E-state index in [0.717, 1.165) is 25.9 Å². The van der Waals surface area contributed by atoms with Gasteiger partial charge in [-0.05, 0) is 43.2 Å². The van der Waals surface area contributed by atoms with Crippen molar-refractivity contribution in [1.82, 2.24) is 9.88 Å². The SMILES string of the molecule is Nc1ccc(C(=O)N2CCC3(CCCC3)CC2)nc1. The highest BCUT2D eigenvalue weighted by Crippen LogP contribution is 2.46. The summed E-state index contributed by atoms with van der Waals surface area (Å²) < 4.78 is 0. The average Bonchev–Trinajstić information content (AvgIpc) is 2.88. The van der Waals surface area contributed by atoms with Crippen LogP contribution in [-0.2, 0) is 0 Å². The first-order chi connectivity index (χ1) is 9.19. The Hall–Kier alpha value is -1.58. The van der Waals surface area contributed by atoms with Crippen LogP contribution < -0.4 is 5.73 Å². The van der Waals surface area contributed by atoms with Crippen molar-refractivity contribution in [3.05, 3.63) is 24.0 Å². The maximum Gasteiger partial charge on any atom is 0.272 e. The van der Waals surface area contributed by atoms with E-state index >= 15 is 0 Å². The fraction of sp³-hybridized carbons (Fsp3) is 0.600. The van der Waals surface area contributed by atoms with Crippen molar-refractivity contribution in [2.45, 2.75) is 38.5 Å². The van der Waals surface area contributed by atoms with Crippen LogP contribution in [0.25, 0.3) is 0 Å². The lowest BCUT2D eigenvalue weighted by atomic mass is 9.77. The van der Waals surface area contributed by atoms with Crippen LogP contribution in [0.2, 0.25) is 0 Å². The molecule has 4 heteroatoms. The molecule has 1 saturated heterocycles. The number of rotatable bonds is 1. The van der Waals surface area contributed by atoms with Gasteiger partial charge < -0.3 is 10.6 Å². The second kappa shape index (κ2) is 4.83. The molecule has 2 fully saturated rings. The molecule has 1 aromatic heterocycles. The second-order valence-electron chi connectivity index (χ2n) is 5.98. The van der Waals surface area contributed by atoms with Crippen LogP contribution in [0.4, 0.5) is 5.69 Å². The summed E-state index contributed by atoms with van der Waals surface area (Å²) in [6.07, 6.45) is 9.32. The molecule has 1 spiro atoms. The van der Waals surface area contributed by atoms with Crippen molar-refractivity contribution in [3.63, 3.8) is 0 Å². The molecule has 102 valence electrons. The number of carbonyl (C=O) groups excluding carboxylic acids is 1. The lowest BCUT2D eigenvalue weighted by Gasteiger charge is -2.39. The van der Waals surface area contributed by atoms with E-state index in [-0.39, 0.29) is 5.91 Å². The van der Waals surface area contributed by atoms with Gasteiger partial charge in [-0.1, -0.05) is 12.8 Å². The van der Waals surface area contributed by atoms with E-state index in [1.165, 1.54) is 25.7 Å². The summed E-state index contributed by atoms with van der Waals surface area (Å²) >= 11 is 0. The van der Waals surface area contributed by atoms with Crippen molar-refractivity contribution in [3.8, 4) is 0 Å². The standard InChI is InChI=1S/C15H21N3O/c16-12-3-4-13(17-11-12)14(19)18-9-7-15(8-10-18)5-1-2-6-15/h3-4,11H,1-2,5-10,16H2. The molecule has 3 rings (SSSR count). The van der Waals surface area contributed by atoms with E-state index in [2.05, 4.69) is 4.98 Å². The van der Waals surface area contributed by atoms with Gasteiger partial charge in [0.2, 0.25) is 0 Å². The monoisotopic (exact) mass is 259 g/mol. The summed E-state index contributed by atoms with van der Waals surface area (Å²) in [6, 6.07) is 3.46. The van der Waals surface area contributed by atoms with Gasteiger partial charge in [-0.2, -0.15) is 0 Å². The van der Waals surface area contributed by atoms with E-state index in [0.29, 0.717) is 16.8 Å². The number of amides is 1. The predicted octanol–water partition coefficient (Wildman–Crippen LogP) is 2.46. The molecule has 2 N–H and O–H groups in total. The molecule has 1 saturated carbocycles. The van der Waals surface area contributed by atoms with Gasteiger partial charge in [-0.3, -0.25) is 4.79 Å². The van der Waals surface area contributed by atoms with E-state index in [1.807, 2.05) is 4.90 Å². The maximum absolute atomic E-state index is 12.3. The van der Waals surface area contributed by atoms with Crippen LogP contribution in [-0.4, -0.2) is 28.9 Å². The molecule has 1 amide bonds. The summed E-state index contributed by atoms with van der Waals surface area (Å²) in [5.41, 5.74) is 7.25. The summed E-state index contributed by atoms with van der Waals surface area (Å²) in [5.74, 6) is 0.0489. The molecule has 0 unspecified atom stereocenters. The number of carbonyl (C=O) groups is 1. The van der Waals surface area contributed by atoms with Crippen LogP contribution in [0.1, 0.15) is 49.0 Å². The molecule has 0 aromatic carbocycles. The number of hydrogen-bond acceptors (Lipinski definition) is 3. The molecule has 4 nitrogen and oxygen atoms in total. The molecule has 0 radical (unpaired) electrons. The summed E-state index contributed by atoms with van der Waals surface area (Å²) in [7, 11) is 0. The summed E-state index contributed by atoms with van der Waals surface area (Å²) in [4.78, 5) is 18.4. The van der Waals surface area contributed by atoms with E-state index < -0.39 is 0 Å². The van der Waals surface area contributed by atoms with E-state index in [4.69, 9.17) is 5.73 Å². The van der Waals surface area contributed by atoms with Crippen molar-refractivity contribution < 1.29 is 4.79 Å². The minimum Gasteiger partial charge on any atom is -0.397 e. The minimum absolute atomic E-state index is 0.0489. The largest absolute Gasteiger partial charge is 0.397 e. The van der Waals surface area contributed by atoms with E-state index in [1.54, 1.807) is 18.3 Å². The van der Waals surface area contributed by atoms with Gasteiger partial charge in [0.25, 0.3) is 5.91 Å². The van der Waals surface area contributed by atoms with Gasteiger partial charge in [-0.25, -0.2) is 4.98 Å². The third-order valence-corrected chi connectivity index (χ3v) is 4.78. The quantitative estimate of drug-likeness (QED) is 0.842. The molecular formula is C15H21N3O. The maximum atomic E-state index is 12.3. The molecule has 0 atom stereocenters. The number of nitrogen functional groups attached to an aromatic ring is 1. The highest BCUT2D eigenvalue weighted by Gasteiger charge is 2.38. The molecule has 1 aliphatic heterocycles. The Morgan fingerprint density at radius 1 is 1.16 bits per heavy atom. The lowest BCUT2D eigenvalue weighted by Crippen LogP contribution is -2.42. The Bertz CT molecular complexity index is 453. The topological polar surface area (TPSA) is 59.2 Å². The smallest absolute Gasteiger partial charge is 0.272 e. The third-order valence-electron chi connectivity index (χ3n) is 4.78. The normalized spacial score (nSPS) is 21.8. The van der Waals surface area contributed by atoms with Crippen LogP contribution in [0.3, 0.4) is 0 Å². The first-order valence-corrected chi connectivity index (χ1v) is 7.19. The van der Waals surface area contributed by atoms with Gasteiger partial charge in [0.1, 0.15) is 5.69 Å². The van der Waals surface area contributed by atoms with Gasteiger partial charge in [0.15, 0.2) is 0 Å². The highest BCUT2D eigenvalue weighted by atomic mass is 16.2. The highest BCUT2D eigenvalue weighted by molar-refractivity contribution is 5.92. The number of hydrogen-bond donors (Lipinski definition) is 1. The fourth-order valence-corrected chi connectivity index (χ4v) is 3.50. The summed E-state index contributed by atoms with van der Waals surface area (Å²) in [6.45, 7) is 1.76. The third kappa shape index (κ3) is 2.44. The first-order valence-electron chi connectivity index (χ1n) is 7.19. The number of piperidine rings is 1. The zero-order valence-electron chi connectivity index (χ0n) is 11.3. The molecule has 2 aliphatic rings. The van der Waals surface area contributed by atoms with Gasteiger partial charge in [0.05, 0.1) is 11.9 Å². The second-order valence-corrected chi connectivity index (χ2v) is 5.98. The molecule has 2 heterocycles. The van der Waals surface area contributed by atoms with Crippen LogP contribution in [0.5, 0.6) is 0 Å². The molecular weight excluding hydrogens is 238 g/mol.